The first-order chi connectivity index (χ1) is 9.69. The smallest absolute Gasteiger partial charge is 0.127 e. The summed E-state index contributed by atoms with van der Waals surface area (Å²) in [7, 11) is 7.40. The number of hydrogen-bond acceptors (Lipinski definition) is 5. The van der Waals surface area contributed by atoms with Crippen molar-refractivity contribution in [3.63, 3.8) is 0 Å². The van der Waals surface area contributed by atoms with Crippen LogP contribution in [0.15, 0.2) is 18.2 Å². The largest absolute Gasteiger partial charge is 0.497 e. The second-order valence-electron chi connectivity index (χ2n) is 5.05. The molecule has 2 atom stereocenters. The third kappa shape index (κ3) is 3.23. The summed E-state index contributed by atoms with van der Waals surface area (Å²) in [5.74, 6) is 1.61. The third-order valence-corrected chi connectivity index (χ3v) is 3.76. The summed E-state index contributed by atoms with van der Waals surface area (Å²) in [6.07, 6.45) is 0.112. The number of nitrogens with zero attached hydrogens (tertiary/aromatic N) is 1. The van der Waals surface area contributed by atoms with Crippen LogP contribution in [0.2, 0.25) is 0 Å². The van der Waals surface area contributed by atoms with Crippen molar-refractivity contribution in [1.82, 2.24) is 10.2 Å². The van der Waals surface area contributed by atoms with Crippen molar-refractivity contribution in [1.29, 1.82) is 0 Å². The Balaban J connectivity index is 2.26. The van der Waals surface area contributed by atoms with Gasteiger partial charge in [0.15, 0.2) is 0 Å². The quantitative estimate of drug-likeness (QED) is 0.880. The van der Waals surface area contributed by atoms with Crippen molar-refractivity contribution >= 4 is 0 Å². The maximum Gasteiger partial charge on any atom is 0.127 e. The van der Waals surface area contributed by atoms with Gasteiger partial charge in [0.1, 0.15) is 11.5 Å². The summed E-state index contributed by atoms with van der Waals surface area (Å²) in [6, 6.07) is 6.00. The van der Waals surface area contributed by atoms with E-state index in [2.05, 4.69) is 17.3 Å². The maximum atomic E-state index is 5.92. The number of nitrogens with one attached hydrogen (secondary N) is 1. The second kappa shape index (κ2) is 6.92. The van der Waals surface area contributed by atoms with Crippen LogP contribution in [0.5, 0.6) is 11.5 Å². The van der Waals surface area contributed by atoms with Crippen LogP contribution in [0, 0.1) is 0 Å². The molecule has 20 heavy (non-hydrogen) atoms. The molecule has 1 aromatic carbocycles. The highest BCUT2D eigenvalue weighted by molar-refractivity contribution is 5.43. The van der Waals surface area contributed by atoms with Crippen molar-refractivity contribution in [3.05, 3.63) is 23.8 Å². The molecule has 1 saturated heterocycles. The van der Waals surface area contributed by atoms with Crippen LogP contribution in [0.1, 0.15) is 11.6 Å². The Morgan fingerprint density at radius 3 is 2.75 bits per heavy atom. The average molecular weight is 280 g/mol. The number of hydrogen-bond donors (Lipinski definition) is 1. The Hall–Kier alpha value is -1.30. The summed E-state index contributed by atoms with van der Waals surface area (Å²) < 4.78 is 16.7. The Labute approximate surface area is 120 Å². The molecule has 0 spiro atoms. The van der Waals surface area contributed by atoms with Gasteiger partial charge in [-0.2, -0.15) is 0 Å². The van der Waals surface area contributed by atoms with Crippen LogP contribution in [-0.2, 0) is 4.74 Å². The number of methoxy groups -OCH3 is 2. The fraction of sp³-hybridized carbons (Fsp3) is 0.600. The normalized spacial score (nSPS) is 21.5. The summed E-state index contributed by atoms with van der Waals surface area (Å²) >= 11 is 0. The first-order valence-corrected chi connectivity index (χ1v) is 6.89. The van der Waals surface area contributed by atoms with Gasteiger partial charge in [-0.05, 0) is 26.2 Å². The number of rotatable bonds is 5. The van der Waals surface area contributed by atoms with Crippen LogP contribution in [-0.4, -0.2) is 59.0 Å². The SMILES string of the molecule is CNC(c1ccc(OC)cc1OC)C1CN(C)CCO1. The van der Waals surface area contributed by atoms with Crippen molar-refractivity contribution in [2.45, 2.75) is 12.1 Å². The van der Waals surface area contributed by atoms with Gasteiger partial charge in [-0.25, -0.2) is 0 Å². The predicted molar refractivity (Wildman–Crippen MR) is 78.6 cm³/mol. The van der Waals surface area contributed by atoms with Gasteiger partial charge in [-0.1, -0.05) is 0 Å². The summed E-state index contributed by atoms with van der Waals surface area (Å²) in [5.41, 5.74) is 1.09. The zero-order valence-electron chi connectivity index (χ0n) is 12.7. The maximum absolute atomic E-state index is 5.92. The minimum absolute atomic E-state index is 0.0959. The second-order valence-corrected chi connectivity index (χ2v) is 5.05. The van der Waals surface area contributed by atoms with E-state index in [4.69, 9.17) is 14.2 Å². The van der Waals surface area contributed by atoms with Crippen LogP contribution in [0.4, 0.5) is 0 Å². The van der Waals surface area contributed by atoms with Crippen LogP contribution in [0.3, 0.4) is 0 Å². The van der Waals surface area contributed by atoms with Crippen LogP contribution >= 0.6 is 0 Å². The summed E-state index contributed by atoms with van der Waals surface area (Å²) in [5, 5.41) is 3.35. The molecule has 1 aliphatic rings. The Morgan fingerprint density at radius 1 is 1.35 bits per heavy atom. The zero-order valence-corrected chi connectivity index (χ0v) is 12.7. The molecule has 0 amide bonds. The van der Waals surface area contributed by atoms with E-state index in [1.807, 2.05) is 25.2 Å². The number of ether oxygens (including phenoxy) is 3. The predicted octanol–water partition coefficient (Wildman–Crippen LogP) is 1.29. The first-order valence-electron chi connectivity index (χ1n) is 6.89. The van der Waals surface area contributed by atoms with E-state index in [0.717, 1.165) is 36.8 Å². The van der Waals surface area contributed by atoms with Gasteiger partial charge in [0, 0.05) is 24.7 Å². The van der Waals surface area contributed by atoms with Gasteiger partial charge in [0.25, 0.3) is 0 Å². The topological polar surface area (TPSA) is 43.0 Å². The van der Waals surface area contributed by atoms with E-state index in [-0.39, 0.29) is 12.1 Å². The minimum Gasteiger partial charge on any atom is -0.497 e. The molecule has 0 aromatic heterocycles. The van der Waals surface area contributed by atoms with Gasteiger partial charge < -0.3 is 24.4 Å². The molecule has 0 saturated carbocycles. The average Bonchev–Trinajstić information content (AvgIpc) is 2.48. The summed E-state index contributed by atoms with van der Waals surface area (Å²) in [4.78, 5) is 2.29. The van der Waals surface area contributed by atoms with E-state index in [1.54, 1.807) is 14.2 Å². The fourth-order valence-corrected chi connectivity index (χ4v) is 2.63. The molecule has 5 heteroatoms. The van der Waals surface area contributed by atoms with E-state index in [0.29, 0.717) is 0 Å². The lowest BCUT2D eigenvalue weighted by Gasteiger charge is -2.35. The fourth-order valence-electron chi connectivity index (χ4n) is 2.63. The molecule has 5 nitrogen and oxygen atoms in total. The number of likely N-dealkylation sites (N-methyl/N-ethyl adjacent to an activating group) is 2. The molecule has 1 fully saturated rings. The Morgan fingerprint density at radius 2 is 2.15 bits per heavy atom. The molecule has 0 bridgehead atoms. The highest BCUT2D eigenvalue weighted by Crippen LogP contribution is 2.32. The molecular formula is C15H24N2O3. The van der Waals surface area contributed by atoms with Gasteiger partial charge in [-0.3, -0.25) is 0 Å². The van der Waals surface area contributed by atoms with Crippen LogP contribution in [0.25, 0.3) is 0 Å². The van der Waals surface area contributed by atoms with E-state index in [1.165, 1.54) is 0 Å². The number of benzene rings is 1. The molecule has 0 aliphatic carbocycles. The third-order valence-electron chi connectivity index (χ3n) is 3.76. The molecule has 2 unspecified atom stereocenters. The molecule has 1 aliphatic heterocycles. The van der Waals surface area contributed by atoms with Gasteiger partial charge >= 0.3 is 0 Å². The Kier molecular flexibility index (Phi) is 5.23. The van der Waals surface area contributed by atoms with Gasteiger partial charge in [0.05, 0.1) is 33.0 Å². The molecule has 2 rings (SSSR count). The van der Waals surface area contributed by atoms with E-state index >= 15 is 0 Å². The molecule has 112 valence electrons. The van der Waals surface area contributed by atoms with Crippen molar-refractivity contribution in [2.24, 2.45) is 0 Å². The first kappa shape index (κ1) is 15.1. The van der Waals surface area contributed by atoms with E-state index in [9.17, 15) is 0 Å². The van der Waals surface area contributed by atoms with Gasteiger partial charge in [-0.15, -0.1) is 0 Å². The minimum atomic E-state index is 0.0959. The number of morpholine rings is 1. The molecule has 1 N–H and O–H groups in total. The highest BCUT2D eigenvalue weighted by Gasteiger charge is 2.29. The van der Waals surface area contributed by atoms with Crippen molar-refractivity contribution < 1.29 is 14.2 Å². The Bertz CT molecular complexity index is 439. The molecule has 1 aromatic rings. The van der Waals surface area contributed by atoms with Crippen molar-refractivity contribution in [2.75, 3.05) is 48.0 Å². The highest BCUT2D eigenvalue weighted by atomic mass is 16.5. The van der Waals surface area contributed by atoms with Gasteiger partial charge in [0.2, 0.25) is 0 Å². The standard InChI is InChI=1S/C15H24N2O3/c1-16-15(14-10-17(2)7-8-20-14)12-6-5-11(18-3)9-13(12)19-4/h5-6,9,14-16H,7-8,10H2,1-4H3. The summed E-state index contributed by atoms with van der Waals surface area (Å²) in [6.45, 7) is 2.64. The molecule has 0 radical (unpaired) electrons. The molecular weight excluding hydrogens is 256 g/mol. The molecule has 1 heterocycles. The lowest BCUT2D eigenvalue weighted by Crippen LogP contribution is -2.46. The van der Waals surface area contributed by atoms with E-state index < -0.39 is 0 Å². The lowest BCUT2D eigenvalue weighted by molar-refractivity contribution is -0.0383. The van der Waals surface area contributed by atoms with Crippen molar-refractivity contribution in [3.8, 4) is 11.5 Å². The van der Waals surface area contributed by atoms with Crippen LogP contribution < -0.4 is 14.8 Å². The monoisotopic (exact) mass is 280 g/mol. The zero-order chi connectivity index (χ0) is 14.5. The lowest BCUT2D eigenvalue weighted by atomic mass is 9.99.